The van der Waals surface area contributed by atoms with Crippen molar-refractivity contribution in [1.82, 2.24) is 15.1 Å². The first-order valence-corrected chi connectivity index (χ1v) is 7.79. The van der Waals surface area contributed by atoms with E-state index < -0.39 is 0 Å². The van der Waals surface area contributed by atoms with Crippen LogP contribution in [0.1, 0.15) is 18.4 Å². The van der Waals surface area contributed by atoms with Crippen molar-refractivity contribution in [3.8, 4) is 0 Å². The summed E-state index contributed by atoms with van der Waals surface area (Å²) < 4.78 is 0. The van der Waals surface area contributed by atoms with E-state index in [2.05, 4.69) is 39.2 Å². The van der Waals surface area contributed by atoms with Gasteiger partial charge in [-0.15, -0.1) is 29.9 Å². The summed E-state index contributed by atoms with van der Waals surface area (Å²) in [5.74, 6) is 0.976. The number of nitrogens with two attached hydrogens (primary N) is 1. The second-order valence-electron chi connectivity index (χ2n) is 5.98. The predicted molar refractivity (Wildman–Crippen MR) is 104 cm³/mol. The Morgan fingerprint density at radius 2 is 2.08 bits per heavy atom. The largest absolute Gasteiger partial charge is 0.399 e. The standard InChI is InChI=1S/C17H23N5.2ClH/c1-21(12-14-5-2-6-15(18)11-14)16-7-4-10-22(13-16)17-8-3-9-19-20-17;;/h2-3,5-6,8-9,11,16H,4,7,10,12-13,18H2,1H3;2*1H. The van der Waals surface area contributed by atoms with Crippen molar-refractivity contribution in [2.75, 3.05) is 30.8 Å². The molecular formula is C17H25Cl2N5. The maximum Gasteiger partial charge on any atom is 0.151 e. The number of nitrogen functional groups attached to an aromatic ring is 1. The van der Waals surface area contributed by atoms with Crippen LogP contribution in [0.5, 0.6) is 0 Å². The van der Waals surface area contributed by atoms with Gasteiger partial charge in [0.05, 0.1) is 0 Å². The summed E-state index contributed by atoms with van der Waals surface area (Å²) in [5.41, 5.74) is 7.96. The van der Waals surface area contributed by atoms with Crippen LogP contribution in [0.25, 0.3) is 0 Å². The number of benzene rings is 1. The van der Waals surface area contributed by atoms with Crippen molar-refractivity contribution in [2.24, 2.45) is 0 Å². The summed E-state index contributed by atoms with van der Waals surface area (Å²) in [6.45, 7) is 2.98. The first kappa shape index (κ1) is 20.5. The Hall–Kier alpha value is -1.56. The minimum absolute atomic E-state index is 0. The molecule has 0 amide bonds. The molecule has 0 aliphatic carbocycles. The molecule has 1 fully saturated rings. The van der Waals surface area contributed by atoms with Gasteiger partial charge in [0.2, 0.25) is 0 Å². The van der Waals surface area contributed by atoms with Crippen molar-refractivity contribution in [3.05, 3.63) is 48.2 Å². The van der Waals surface area contributed by atoms with Gasteiger partial charge in [-0.3, -0.25) is 4.90 Å². The lowest BCUT2D eigenvalue weighted by Gasteiger charge is -2.38. The number of hydrogen-bond acceptors (Lipinski definition) is 5. The van der Waals surface area contributed by atoms with Crippen molar-refractivity contribution in [3.63, 3.8) is 0 Å². The highest BCUT2D eigenvalue weighted by Gasteiger charge is 2.24. The molecule has 5 nitrogen and oxygen atoms in total. The van der Waals surface area contributed by atoms with Crippen LogP contribution in [0.3, 0.4) is 0 Å². The Kier molecular flexibility index (Phi) is 8.25. The van der Waals surface area contributed by atoms with Crippen molar-refractivity contribution in [2.45, 2.75) is 25.4 Å². The fraction of sp³-hybridized carbons (Fsp3) is 0.412. The van der Waals surface area contributed by atoms with Crippen LogP contribution in [0.2, 0.25) is 0 Å². The molecule has 1 aromatic heterocycles. The van der Waals surface area contributed by atoms with Crippen LogP contribution in [-0.2, 0) is 6.54 Å². The molecule has 1 aliphatic heterocycles. The molecule has 24 heavy (non-hydrogen) atoms. The highest BCUT2D eigenvalue weighted by molar-refractivity contribution is 5.85. The highest BCUT2D eigenvalue weighted by Crippen LogP contribution is 2.21. The molecule has 0 spiro atoms. The average molecular weight is 370 g/mol. The van der Waals surface area contributed by atoms with Crippen LogP contribution >= 0.6 is 24.8 Å². The Labute approximate surface area is 156 Å². The minimum atomic E-state index is 0. The van der Waals surface area contributed by atoms with Crippen LogP contribution in [0.4, 0.5) is 11.5 Å². The number of rotatable bonds is 4. The van der Waals surface area contributed by atoms with E-state index >= 15 is 0 Å². The molecule has 3 rings (SSSR count). The van der Waals surface area contributed by atoms with E-state index in [-0.39, 0.29) is 24.8 Å². The van der Waals surface area contributed by atoms with Crippen molar-refractivity contribution in [1.29, 1.82) is 0 Å². The molecule has 2 aromatic rings. The topological polar surface area (TPSA) is 58.3 Å². The van der Waals surface area contributed by atoms with Crippen LogP contribution in [-0.4, -0.2) is 41.3 Å². The third-order valence-electron chi connectivity index (χ3n) is 4.29. The van der Waals surface area contributed by atoms with E-state index in [1.54, 1.807) is 6.20 Å². The monoisotopic (exact) mass is 369 g/mol. The Bertz CT molecular complexity index is 611. The van der Waals surface area contributed by atoms with Gasteiger partial charge in [-0.05, 0) is 49.7 Å². The summed E-state index contributed by atoms with van der Waals surface area (Å²) in [4.78, 5) is 4.74. The average Bonchev–Trinajstić information content (AvgIpc) is 2.56. The molecule has 1 aromatic carbocycles. The van der Waals surface area contributed by atoms with Gasteiger partial charge in [0.25, 0.3) is 0 Å². The molecule has 0 radical (unpaired) electrons. The SMILES string of the molecule is CN(Cc1cccc(N)c1)C1CCCN(c2cccnn2)C1.Cl.Cl. The Morgan fingerprint density at radius 3 is 2.79 bits per heavy atom. The molecule has 0 saturated carbocycles. The minimum Gasteiger partial charge on any atom is -0.399 e. The number of hydrogen-bond donors (Lipinski definition) is 1. The summed E-state index contributed by atoms with van der Waals surface area (Å²) in [6, 6.07) is 12.6. The van der Waals surface area contributed by atoms with Crippen molar-refractivity contribution < 1.29 is 0 Å². The molecule has 1 atom stereocenters. The molecule has 132 valence electrons. The van der Waals surface area contributed by atoms with Gasteiger partial charge < -0.3 is 10.6 Å². The van der Waals surface area contributed by atoms with E-state index in [1.807, 2.05) is 24.3 Å². The number of piperidine rings is 1. The van der Waals surface area contributed by atoms with E-state index in [4.69, 9.17) is 5.73 Å². The molecule has 1 aliphatic rings. The smallest absolute Gasteiger partial charge is 0.151 e. The summed E-state index contributed by atoms with van der Waals surface area (Å²) >= 11 is 0. The third kappa shape index (κ3) is 5.23. The first-order valence-electron chi connectivity index (χ1n) is 7.79. The van der Waals surface area contributed by atoms with E-state index in [0.29, 0.717) is 6.04 Å². The van der Waals surface area contributed by atoms with Gasteiger partial charge in [0.1, 0.15) is 0 Å². The normalized spacial score (nSPS) is 17.1. The van der Waals surface area contributed by atoms with E-state index in [0.717, 1.165) is 31.1 Å². The van der Waals surface area contributed by atoms with Crippen LogP contribution < -0.4 is 10.6 Å². The van der Waals surface area contributed by atoms with Gasteiger partial charge in [-0.1, -0.05) is 12.1 Å². The van der Waals surface area contributed by atoms with E-state index in [9.17, 15) is 0 Å². The number of likely N-dealkylation sites (N-methyl/N-ethyl adjacent to an activating group) is 1. The maximum absolute atomic E-state index is 5.87. The number of halogens is 2. The molecule has 7 heteroatoms. The van der Waals surface area contributed by atoms with Gasteiger partial charge in [-0.2, -0.15) is 5.10 Å². The highest BCUT2D eigenvalue weighted by atomic mass is 35.5. The number of aromatic nitrogens is 2. The summed E-state index contributed by atoms with van der Waals surface area (Å²) in [6.07, 6.45) is 4.12. The van der Waals surface area contributed by atoms with Crippen LogP contribution in [0.15, 0.2) is 42.6 Å². The second kappa shape index (κ2) is 9.67. The quantitative estimate of drug-likeness (QED) is 0.839. The molecular weight excluding hydrogens is 345 g/mol. The summed E-state index contributed by atoms with van der Waals surface area (Å²) in [7, 11) is 2.19. The molecule has 1 unspecified atom stereocenters. The molecule has 2 heterocycles. The first-order chi connectivity index (χ1) is 10.7. The zero-order valence-electron chi connectivity index (χ0n) is 13.8. The van der Waals surface area contributed by atoms with Gasteiger partial charge in [-0.25, -0.2) is 0 Å². The third-order valence-corrected chi connectivity index (χ3v) is 4.29. The van der Waals surface area contributed by atoms with E-state index in [1.165, 1.54) is 18.4 Å². The zero-order chi connectivity index (χ0) is 15.4. The van der Waals surface area contributed by atoms with Gasteiger partial charge in [0.15, 0.2) is 5.82 Å². The van der Waals surface area contributed by atoms with Crippen molar-refractivity contribution >= 4 is 36.3 Å². The number of nitrogens with zero attached hydrogens (tertiary/aromatic N) is 4. The fourth-order valence-corrected chi connectivity index (χ4v) is 3.09. The number of anilines is 2. The Balaban J connectivity index is 0.00000144. The zero-order valence-corrected chi connectivity index (χ0v) is 15.5. The lowest BCUT2D eigenvalue weighted by atomic mass is 10.0. The molecule has 1 saturated heterocycles. The van der Waals surface area contributed by atoms with Gasteiger partial charge >= 0.3 is 0 Å². The summed E-state index contributed by atoms with van der Waals surface area (Å²) in [5, 5.41) is 8.22. The lowest BCUT2D eigenvalue weighted by molar-refractivity contribution is 0.207. The Morgan fingerprint density at radius 1 is 1.25 bits per heavy atom. The predicted octanol–water partition coefficient (Wildman–Crippen LogP) is 3.00. The van der Waals surface area contributed by atoms with Gasteiger partial charge in [0, 0.05) is 37.6 Å². The lowest BCUT2D eigenvalue weighted by Crippen LogP contribution is -2.46. The molecule has 2 N–H and O–H groups in total. The second-order valence-corrected chi connectivity index (χ2v) is 5.98. The van der Waals surface area contributed by atoms with Crippen LogP contribution in [0, 0.1) is 0 Å². The molecule has 0 bridgehead atoms. The fourth-order valence-electron chi connectivity index (χ4n) is 3.09. The maximum atomic E-state index is 5.87.